The third kappa shape index (κ3) is 3.62. The molecule has 0 spiro atoms. The van der Waals surface area contributed by atoms with Gasteiger partial charge in [0, 0.05) is 31.4 Å². The molecule has 1 N–H and O–H groups in total. The second-order valence-corrected chi connectivity index (χ2v) is 5.22. The van der Waals surface area contributed by atoms with Crippen molar-refractivity contribution in [3.05, 3.63) is 28.6 Å². The van der Waals surface area contributed by atoms with Gasteiger partial charge in [-0.1, -0.05) is 23.3 Å². The number of hydrogen-bond donors (Lipinski definition) is 1. The Balaban J connectivity index is 2.12. The van der Waals surface area contributed by atoms with Crippen LogP contribution in [0.2, 0.25) is 5.15 Å². The lowest BCUT2D eigenvalue weighted by atomic mass is 10.1. The second kappa shape index (κ2) is 6.28. The largest absolute Gasteiger partial charge is 0.392 e. The van der Waals surface area contributed by atoms with Gasteiger partial charge in [0.15, 0.2) is 5.15 Å². The number of aliphatic hydroxyl groups excluding tert-OH is 1. The van der Waals surface area contributed by atoms with Crippen molar-refractivity contribution in [1.82, 2.24) is 9.88 Å². The van der Waals surface area contributed by atoms with E-state index in [4.69, 9.17) is 11.6 Å². The van der Waals surface area contributed by atoms with Crippen LogP contribution in [-0.4, -0.2) is 47.4 Å². The van der Waals surface area contributed by atoms with Crippen LogP contribution in [0.4, 0.5) is 5.69 Å². The van der Waals surface area contributed by atoms with Crippen LogP contribution in [0.1, 0.15) is 18.9 Å². The predicted molar refractivity (Wildman–Crippen MR) is 79.2 cm³/mol. The average Bonchev–Trinajstić information content (AvgIpc) is 2.75. The van der Waals surface area contributed by atoms with Crippen molar-refractivity contribution in [1.29, 1.82) is 0 Å². The second-order valence-electron chi connectivity index (χ2n) is 4.87. The smallest absolute Gasteiger partial charge is 0.155 e. The van der Waals surface area contributed by atoms with Gasteiger partial charge in [-0.05, 0) is 26.1 Å². The van der Waals surface area contributed by atoms with E-state index in [1.807, 2.05) is 12.1 Å². The molecule has 1 fully saturated rings. The number of aliphatic imine (C=N–C) groups is 1. The molecule has 1 aromatic heterocycles. The standard InChI is InChI=1S/C14H18ClN3O/c1-10(8-18-6-4-12(19)9-18)7-11-3-5-17-14(15)13(11)16-2/h3,5,7,12,19H,2,4,6,8-9H2,1H3/b10-7+/t12-/m1/s1. The van der Waals surface area contributed by atoms with E-state index in [-0.39, 0.29) is 6.10 Å². The highest BCUT2D eigenvalue weighted by Crippen LogP contribution is 2.28. The third-order valence-electron chi connectivity index (χ3n) is 3.19. The maximum atomic E-state index is 9.51. The van der Waals surface area contributed by atoms with Crippen LogP contribution in [0, 0.1) is 0 Å². The molecule has 5 heteroatoms. The monoisotopic (exact) mass is 279 g/mol. The van der Waals surface area contributed by atoms with Crippen LogP contribution >= 0.6 is 11.6 Å². The zero-order chi connectivity index (χ0) is 13.8. The van der Waals surface area contributed by atoms with Gasteiger partial charge in [0.2, 0.25) is 0 Å². The summed E-state index contributed by atoms with van der Waals surface area (Å²) < 4.78 is 0. The number of hydrogen-bond acceptors (Lipinski definition) is 4. The summed E-state index contributed by atoms with van der Waals surface area (Å²) >= 11 is 5.98. The highest BCUT2D eigenvalue weighted by molar-refractivity contribution is 6.32. The summed E-state index contributed by atoms with van der Waals surface area (Å²) in [5, 5.41) is 9.88. The Morgan fingerprint density at radius 2 is 2.53 bits per heavy atom. The molecule has 2 rings (SSSR count). The van der Waals surface area contributed by atoms with Gasteiger partial charge < -0.3 is 5.11 Å². The molecular weight excluding hydrogens is 262 g/mol. The average molecular weight is 280 g/mol. The van der Waals surface area contributed by atoms with E-state index >= 15 is 0 Å². The molecule has 0 saturated carbocycles. The van der Waals surface area contributed by atoms with E-state index in [2.05, 4.69) is 28.5 Å². The summed E-state index contributed by atoms with van der Waals surface area (Å²) in [5.74, 6) is 0. The van der Waals surface area contributed by atoms with E-state index in [0.717, 1.165) is 31.6 Å². The van der Waals surface area contributed by atoms with Gasteiger partial charge in [0.1, 0.15) is 5.69 Å². The summed E-state index contributed by atoms with van der Waals surface area (Å²) in [7, 11) is 0. The molecule has 19 heavy (non-hydrogen) atoms. The molecule has 1 aliphatic rings. The number of halogens is 1. The summed E-state index contributed by atoms with van der Waals surface area (Å²) in [6.45, 7) is 8.11. The first kappa shape index (κ1) is 14.2. The fraction of sp³-hybridized carbons (Fsp3) is 0.429. The van der Waals surface area contributed by atoms with Gasteiger partial charge in [-0.15, -0.1) is 0 Å². The zero-order valence-corrected chi connectivity index (χ0v) is 11.8. The Labute approximate surface area is 118 Å². The van der Waals surface area contributed by atoms with Crippen LogP contribution in [0.15, 0.2) is 22.8 Å². The highest BCUT2D eigenvalue weighted by Gasteiger charge is 2.19. The molecule has 0 bridgehead atoms. The van der Waals surface area contributed by atoms with Crippen LogP contribution < -0.4 is 0 Å². The number of likely N-dealkylation sites (tertiary alicyclic amines) is 1. The topological polar surface area (TPSA) is 48.7 Å². The van der Waals surface area contributed by atoms with E-state index < -0.39 is 0 Å². The minimum Gasteiger partial charge on any atom is -0.392 e. The first-order valence-corrected chi connectivity index (χ1v) is 6.66. The molecule has 1 aromatic rings. The van der Waals surface area contributed by atoms with Crippen molar-refractivity contribution in [3.8, 4) is 0 Å². The number of aromatic nitrogens is 1. The lowest BCUT2D eigenvalue weighted by molar-refractivity contribution is 0.179. The zero-order valence-electron chi connectivity index (χ0n) is 11.0. The Hall–Kier alpha value is -1.23. The maximum Gasteiger partial charge on any atom is 0.155 e. The van der Waals surface area contributed by atoms with Crippen molar-refractivity contribution in [3.63, 3.8) is 0 Å². The first-order valence-electron chi connectivity index (χ1n) is 6.29. The SMILES string of the molecule is C=Nc1c(/C=C(\C)CN2CC[C@@H](O)C2)ccnc1Cl. The molecule has 0 aromatic carbocycles. The summed E-state index contributed by atoms with van der Waals surface area (Å²) in [6.07, 6.45) is 4.37. The highest BCUT2D eigenvalue weighted by atomic mass is 35.5. The van der Waals surface area contributed by atoms with Gasteiger partial charge in [0.05, 0.1) is 6.10 Å². The number of pyridine rings is 1. The molecule has 0 aliphatic carbocycles. The number of nitrogens with zero attached hydrogens (tertiary/aromatic N) is 3. The van der Waals surface area contributed by atoms with E-state index in [1.165, 1.54) is 5.57 Å². The van der Waals surface area contributed by atoms with Gasteiger partial charge >= 0.3 is 0 Å². The molecule has 0 amide bonds. The normalized spacial score (nSPS) is 20.8. The van der Waals surface area contributed by atoms with Gasteiger partial charge in [0.25, 0.3) is 0 Å². The fourth-order valence-corrected chi connectivity index (χ4v) is 2.56. The van der Waals surface area contributed by atoms with Crippen LogP contribution in [0.3, 0.4) is 0 Å². The molecule has 1 atom stereocenters. The molecule has 102 valence electrons. The van der Waals surface area contributed by atoms with Crippen molar-refractivity contribution in [2.24, 2.45) is 4.99 Å². The number of rotatable bonds is 4. The molecular formula is C14H18ClN3O. The van der Waals surface area contributed by atoms with E-state index in [9.17, 15) is 5.11 Å². The van der Waals surface area contributed by atoms with Crippen molar-refractivity contribution in [2.45, 2.75) is 19.4 Å². The summed E-state index contributed by atoms with van der Waals surface area (Å²) in [6, 6.07) is 1.87. The van der Waals surface area contributed by atoms with Gasteiger partial charge in [-0.25, -0.2) is 4.98 Å². The first-order chi connectivity index (χ1) is 9.10. The lowest BCUT2D eigenvalue weighted by Gasteiger charge is -2.15. The van der Waals surface area contributed by atoms with Crippen molar-refractivity contribution in [2.75, 3.05) is 19.6 Å². The Kier molecular flexibility index (Phi) is 4.69. The molecule has 0 radical (unpaired) electrons. The predicted octanol–water partition coefficient (Wildman–Crippen LogP) is 2.54. The Morgan fingerprint density at radius 3 is 3.16 bits per heavy atom. The van der Waals surface area contributed by atoms with Crippen LogP contribution in [0.25, 0.3) is 6.08 Å². The summed E-state index contributed by atoms with van der Waals surface area (Å²) in [4.78, 5) is 10.2. The Morgan fingerprint density at radius 1 is 1.74 bits per heavy atom. The van der Waals surface area contributed by atoms with E-state index in [0.29, 0.717) is 10.8 Å². The number of β-amino-alcohol motifs (C(OH)–C–C–N with tert-alkyl or cyclic N) is 1. The Bertz CT molecular complexity index is 501. The molecule has 4 nitrogen and oxygen atoms in total. The van der Waals surface area contributed by atoms with Gasteiger partial charge in [-0.2, -0.15) is 0 Å². The van der Waals surface area contributed by atoms with Crippen LogP contribution in [-0.2, 0) is 0 Å². The maximum absolute atomic E-state index is 9.51. The number of aliphatic hydroxyl groups is 1. The minimum absolute atomic E-state index is 0.187. The molecule has 0 unspecified atom stereocenters. The third-order valence-corrected chi connectivity index (χ3v) is 3.47. The van der Waals surface area contributed by atoms with Gasteiger partial charge in [-0.3, -0.25) is 9.89 Å². The lowest BCUT2D eigenvalue weighted by Crippen LogP contribution is -2.23. The van der Waals surface area contributed by atoms with Crippen molar-refractivity contribution < 1.29 is 5.11 Å². The minimum atomic E-state index is -0.187. The summed E-state index contributed by atoms with van der Waals surface area (Å²) in [5.41, 5.74) is 2.73. The molecule has 1 aliphatic heterocycles. The molecule has 1 saturated heterocycles. The van der Waals surface area contributed by atoms with Crippen LogP contribution in [0.5, 0.6) is 0 Å². The quantitative estimate of drug-likeness (QED) is 0.681. The van der Waals surface area contributed by atoms with Crippen molar-refractivity contribution >= 4 is 30.1 Å². The molecule has 2 heterocycles. The van der Waals surface area contributed by atoms with E-state index in [1.54, 1.807) is 6.20 Å². The fourth-order valence-electron chi connectivity index (χ4n) is 2.33.